The second-order valence-corrected chi connectivity index (χ2v) is 2.83. The molecule has 0 saturated carbocycles. The molecule has 0 heterocycles. The van der Waals surface area contributed by atoms with Gasteiger partial charge in [0, 0.05) is 6.54 Å². The van der Waals surface area contributed by atoms with Crippen molar-refractivity contribution in [1.29, 1.82) is 0 Å². The Hall–Kier alpha value is -0.933. The van der Waals surface area contributed by atoms with Gasteiger partial charge in [-0.15, -0.1) is 0 Å². The van der Waals surface area contributed by atoms with E-state index < -0.39 is 10.0 Å². The lowest BCUT2D eigenvalue weighted by atomic mass is 10.2. The molecule has 0 unspecified atom stereocenters. The average Bonchev–Trinajstić information content (AvgIpc) is 2.14. The molecule has 0 bridgehead atoms. The molecule has 0 aliphatic heterocycles. The highest BCUT2D eigenvalue weighted by Gasteiger charge is 1.83. The van der Waals surface area contributed by atoms with E-state index in [2.05, 4.69) is 4.98 Å². The summed E-state index contributed by atoms with van der Waals surface area (Å²) in [7, 11) is -0.676. The Kier molecular flexibility index (Phi) is 4.34. The molecule has 3 heteroatoms. The fourth-order valence-electron chi connectivity index (χ4n) is 0.857. The van der Waals surface area contributed by atoms with Gasteiger partial charge in [-0.2, -0.15) is 0 Å². The quantitative estimate of drug-likeness (QED) is 0.422. The Labute approximate surface area is 74.4 Å². The smallest absolute Gasteiger partial charge is 0.308 e. The molecule has 2 radical (unpaired) electrons. The second-order valence-electron chi connectivity index (χ2n) is 2.29. The SMILES string of the molecule is F[Si]NCC=Cc1ccccc1. The maximum absolute atomic E-state index is 11.6. The van der Waals surface area contributed by atoms with Crippen molar-refractivity contribution in [3.63, 3.8) is 0 Å². The third-order valence-electron chi connectivity index (χ3n) is 1.40. The lowest BCUT2D eigenvalue weighted by Crippen LogP contribution is -2.14. The van der Waals surface area contributed by atoms with Crippen LogP contribution < -0.4 is 4.98 Å². The summed E-state index contributed by atoms with van der Waals surface area (Å²) in [6, 6.07) is 9.94. The maximum atomic E-state index is 11.6. The van der Waals surface area contributed by atoms with E-state index in [0.29, 0.717) is 6.54 Å². The predicted molar refractivity (Wildman–Crippen MR) is 50.3 cm³/mol. The van der Waals surface area contributed by atoms with Gasteiger partial charge in [-0.1, -0.05) is 42.5 Å². The molecule has 0 aliphatic carbocycles. The summed E-state index contributed by atoms with van der Waals surface area (Å²) in [6.07, 6.45) is 3.87. The van der Waals surface area contributed by atoms with Gasteiger partial charge in [-0.3, -0.25) is 4.11 Å². The Morgan fingerprint density at radius 1 is 1.33 bits per heavy atom. The molecule has 1 rings (SSSR count). The normalized spacial score (nSPS) is 10.8. The van der Waals surface area contributed by atoms with Gasteiger partial charge in [0.05, 0.1) is 0 Å². The number of hydrogen-bond acceptors (Lipinski definition) is 1. The summed E-state index contributed by atoms with van der Waals surface area (Å²) in [6.45, 7) is 0.587. The van der Waals surface area contributed by atoms with Gasteiger partial charge in [0.25, 0.3) is 0 Å². The van der Waals surface area contributed by atoms with Gasteiger partial charge in [0.15, 0.2) is 0 Å². The molecule has 0 aromatic heterocycles. The van der Waals surface area contributed by atoms with Crippen LogP contribution in [-0.2, 0) is 0 Å². The van der Waals surface area contributed by atoms with Crippen molar-refractivity contribution in [1.82, 2.24) is 4.98 Å². The lowest BCUT2D eigenvalue weighted by molar-refractivity contribution is 0.823. The van der Waals surface area contributed by atoms with Crippen LogP contribution in [0.1, 0.15) is 5.56 Å². The van der Waals surface area contributed by atoms with Gasteiger partial charge in [0.2, 0.25) is 0 Å². The van der Waals surface area contributed by atoms with E-state index >= 15 is 0 Å². The van der Waals surface area contributed by atoms with Crippen LogP contribution in [0, 0.1) is 0 Å². The van der Waals surface area contributed by atoms with E-state index in [0.717, 1.165) is 5.56 Å². The Balaban J connectivity index is 2.36. The van der Waals surface area contributed by atoms with E-state index in [1.54, 1.807) is 0 Å². The molecule has 0 spiro atoms. The molecule has 1 nitrogen and oxygen atoms in total. The summed E-state index contributed by atoms with van der Waals surface area (Å²) in [5, 5.41) is 0. The maximum Gasteiger partial charge on any atom is 0.397 e. The Morgan fingerprint density at radius 2 is 2.08 bits per heavy atom. The van der Waals surface area contributed by atoms with Gasteiger partial charge in [-0.05, 0) is 5.56 Å². The molecule has 0 saturated heterocycles. The zero-order valence-corrected chi connectivity index (χ0v) is 7.63. The van der Waals surface area contributed by atoms with Crippen LogP contribution in [0.4, 0.5) is 4.11 Å². The first-order valence-electron chi connectivity index (χ1n) is 3.73. The third-order valence-corrected chi connectivity index (χ3v) is 1.73. The van der Waals surface area contributed by atoms with E-state index in [9.17, 15) is 4.11 Å². The van der Waals surface area contributed by atoms with Gasteiger partial charge in [-0.25, -0.2) is 0 Å². The van der Waals surface area contributed by atoms with E-state index in [4.69, 9.17) is 0 Å². The minimum absolute atomic E-state index is 0.587. The monoisotopic (exact) mass is 179 g/mol. The van der Waals surface area contributed by atoms with Crippen LogP contribution in [0.5, 0.6) is 0 Å². The van der Waals surface area contributed by atoms with Crippen molar-refractivity contribution in [2.24, 2.45) is 0 Å². The zero-order chi connectivity index (χ0) is 8.65. The largest absolute Gasteiger partial charge is 0.397 e. The van der Waals surface area contributed by atoms with E-state index in [1.807, 2.05) is 42.5 Å². The Bertz CT molecular complexity index is 236. The van der Waals surface area contributed by atoms with Crippen molar-refractivity contribution in [2.75, 3.05) is 6.54 Å². The topological polar surface area (TPSA) is 12.0 Å². The van der Waals surface area contributed by atoms with Crippen LogP contribution in [0.25, 0.3) is 6.08 Å². The van der Waals surface area contributed by atoms with Gasteiger partial charge in [0.1, 0.15) is 0 Å². The molecular formula is C9H10FNSi. The van der Waals surface area contributed by atoms with Crippen molar-refractivity contribution in [2.45, 2.75) is 0 Å². The standard InChI is InChI=1S/C9H10FNSi/c10-12-11-8-4-7-9-5-2-1-3-6-9/h1-7,11H,8H2. The summed E-state index contributed by atoms with van der Waals surface area (Å²) in [4.78, 5) is 2.59. The molecule has 1 N–H and O–H groups in total. The molecule has 0 fully saturated rings. The van der Waals surface area contributed by atoms with Crippen LogP contribution >= 0.6 is 0 Å². The number of hydrogen-bond donors (Lipinski definition) is 1. The van der Waals surface area contributed by atoms with Crippen molar-refractivity contribution < 1.29 is 4.11 Å². The highest BCUT2D eigenvalue weighted by Crippen LogP contribution is 1.99. The molecule has 0 aliphatic rings. The first-order chi connectivity index (χ1) is 5.93. The molecule has 62 valence electrons. The van der Waals surface area contributed by atoms with Crippen LogP contribution in [0.15, 0.2) is 36.4 Å². The summed E-state index contributed by atoms with van der Waals surface area (Å²) >= 11 is 0. The van der Waals surface area contributed by atoms with Crippen molar-refractivity contribution in [3.8, 4) is 0 Å². The highest BCUT2D eigenvalue weighted by molar-refractivity contribution is 6.22. The zero-order valence-electron chi connectivity index (χ0n) is 6.63. The van der Waals surface area contributed by atoms with Crippen LogP contribution in [0.2, 0.25) is 0 Å². The first-order valence-corrected chi connectivity index (χ1v) is 4.61. The predicted octanol–water partition coefficient (Wildman–Crippen LogP) is 1.79. The molecule has 1 aromatic rings. The van der Waals surface area contributed by atoms with Crippen molar-refractivity contribution >= 4 is 16.1 Å². The first kappa shape index (κ1) is 9.16. The molecule has 1 aromatic carbocycles. The fraction of sp³-hybridized carbons (Fsp3) is 0.111. The van der Waals surface area contributed by atoms with Crippen LogP contribution in [0.3, 0.4) is 0 Å². The summed E-state index contributed by atoms with van der Waals surface area (Å²) in [5.41, 5.74) is 1.14. The summed E-state index contributed by atoms with van der Waals surface area (Å²) < 4.78 is 11.6. The van der Waals surface area contributed by atoms with Crippen molar-refractivity contribution in [3.05, 3.63) is 42.0 Å². The molecule has 0 amide bonds. The molecular weight excluding hydrogens is 169 g/mol. The van der Waals surface area contributed by atoms with Gasteiger partial charge >= 0.3 is 10.0 Å². The number of rotatable bonds is 4. The molecule has 0 atom stereocenters. The molecule has 12 heavy (non-hydrogen) atoms. The van der Waals surface area contributed by atoms with Crippen LogP contribution in [-0.4, -0.2) is 16.6 Å². The fourth-order valence-corrected chi connectivity index (χ4v) is 1.05. The minimum Gasteiger partial charge on any atom is -0.308 e. The number of halogens is 1. The van der Waals surface area contributed by atoms with Gasteiger partial charge < -0.3 is 4.98 Å². The number of nitrogens with one attached hydrogen (secondary N) is 1. The lowest BCUT2D eigenvalue weighted by Gasteiger charge is -1.91. The average molecular weight is 179 g/mol. The number of benzene rings is 1. The Morgan fingerprint density at radius 3 is 2.75 bits per heavy atom. The highest BCUT2D eigenvalue weighted by atomic mass is 28.3. The van der Waals surface area contributed by atoms with E-state index in [-0.39, 0.29) is 0 Å². The van der Waals surface area contributed by atoms with E-state index in [1.165, 1.54) is 0 Å². The second kappa shape index (κ2) is 5.68. The summed E-state index contributed by atoms with van der Waals surface area (Å²) in [5.74, 6) is 0. The minimum atomic E-state index is -0.676. The third kappa shape index (κ3) is 3.46.